The van der Waals surface area contributed by atoms with Gasteiger partial charge in [0.2, 0.25) is 0 Å². The van der Waals surface area contributed by atoms with Gasteiger partial charge >= 0.3 is 0 Å². The van der Waals surface area contributed by atoms with E-state index in [1.807, 2.05) is 12.1 Å². The lowest BCUT2D eigenvalue weighted by Crippen LogP contribution is -2.34. The summed E-state index contributed by atoms with van der Waals surface area (Å²) in [6, 6.07) is 6.31. The lowest BCUT2D eigenvalue weighted by atomic mass is 9.85. The van der Waals surface area contributed by atoms with Gasteiger partial charge in [0.1, 0.15) is 5.75 Å². The second-order valence-corrected chi connectivity index (χ2v) is 4.97. The van der Waals surface area contributed by atoms with Crippen molar-refractivity contribution in [1.29, 1.82) is 0 Å². The molecule has 3 N–H and O–H groups in total. The van der Waals surface area contributed by atoms with Crippen molar-refractivity contribution in [2.24, 2.45) is 17.7 Å². The van der Waals surface area contributed by atoms with E-state index in [0.717, 1.165) is 5.75 Å². The van der Waals surface area contributed by atoms with Crippen LogP contribution in [0.4, 0.5) is 0 Å². The second kappa shape index (κ2) is 6.03. The molecular weight excluding hydrogens is 212 g/mol. The van der Waals surface area contributed by atoms with Crippen LogP contribution in [0.5, 0.6) is 5.75 Å². The van der Waals surface area contributed by atoms with Crippen LogP contribution in [-0.4, -0.2) is 7.11 Å². The molecule has 0 aliphatic carbocycles. The summed E-state index contributed by atoms with van der Waals surface area (Å²) in [5.74, 6) is 7.65. The molecular formula is C14H24N2O. The lowest BCUT2D eigenvalue weighted by Gasteiger charge is -2.28. The fourth-order valence-electron chi connectivity index (χ4n) is 2.03. The molecule has 0 aliphatic heterocycles. The standard InChI is InChI=1S/C14H24N2O/c1-9(2)11(4)14(16-15)13-7-6-12(17-5)8-10(13)3/h6-9,11,14,16H,15H2,1-5H3. The smallest absolute Gasteiger partial charge is 0.119 e. The molecule has 2 unspecified atom stereocenters. The molecule has 0 aromatic heterocycles. The van der Waals surface area contributed by atoms with Gasteiger partial charge in [0.15, 0.2) is 0 Å². The zero-order valence-corrected chi connectivity index (χ0v) is 11.4. The van der Waals surface area contributed by atoms with Gasteiger partial charge in [-0.05, 0) is 42.0 Å². The van der Waals surface area contributed by atoms with Crippen LogP contribution in [0.3, 0.4) is 0 Å². The number of methoxy groups -OCH3 is 1. The molecule has 0 amide bonds. The lowest BCUT2D eigenvalue weighted by molar-refractivity contribution is 0.305. The third-order valence-electron chi connectivity index (χ3n) is 3.57. The van der Waals surface area contributed by atoms with Crippen molar-refractivity contribution in [3.63, 3.8) is 0 Å². The molecule has 1 rings (SSSR count). The van der Waals surface area contributed by atoms with Crippen molar-refractivity contribution in [2.75, 3.05) is 7.11 Å². The Morgan fingerprint density at radius 1 is 1.24 bits per heavy atom. The Morgan fingerprint density at radius 3 is 2.29 bits per heavy atom. The maximum absolute atomic E-state index is 5.70. The van der Waals surface area contributed by atoms with Gasteiger partial charge in [0.25, 0.3) is 0 Å². The topological polar surface area (TPSA) is 47.3 Å². The quantitative estimate of drug-likeness (QED) is 0.610. The van der Waals surface area contributed by atoms with Crippen molar-refractivity contribution in [3.05, 3.63) is 29.3 Å². The largest absolute Gasteiger partial charge is 0.497 e. The molecule has 0 aliphatic rings. The molecule has 0 saturated carbocycles. The summed E-state index contributed by atoms with van der Waals surface area (Å²) in [6.07, 6.45) is 0. The molecule has 0 radical (unpaired) electrons. The Labute approximate surface area is 104 Å². The fourth-order valence-corrected chi connectivity index (χ4v) is 2.03. The normalized spacial score (nSPS) is 14.8. The molecule has 0 spiro atoms. The number of hydrazine groups is 1. The summed E-state index contributed by atoms with van der Waals surface area (Å²) in [5.41, 5.74) is 5.39. The van der Waals surface area contributed by atoms with Crippen LogP contribution in [0.25, 0.3) is 0 Å². The van der Waals surface area contributed by atoms with Crippen LogP contribution in [0.1, 0.15) is 37.9 Å². The maximum atomic E-state index is 5.70. The van der Waals surface area contributed by atoms with E-state index in [1.54, 1.807) is 7.11 Å². The highest BCUT2D eigenvalue weighted by molar-refractivity contribution is 5.36. The Balaban J connectivity index is 3.04. The summed E-state index contributed by atoms with van der Waals surface area (Å²) in [5, 5.41) is 0. The minimum Gasteiger partial charge on any atom is -0.497 e. The van der Waals surface area contributed by atoms with Crippen LogP contribution < -0.4 is 16.0 Å². The van der Waals surface area contributed by atoms with E-state index in [1.165, 1.54) is 11.1 Å². The van der Waals surface area contributed by atoms with Crippen molar-refractivity contribution >= 4 is 0 Å². The van der Waals surface area contributed by atoms with E-state index in [9.17, 15) is 0 Å². The predicted molar refractivity (Wildman–Crippen MR) is 71.8 cm³/mol. The van der Waals surface area contributed by atoms with E-state index < -0.39 is 0 Å². The first-order valence-electron chi connectivity index (χ1n) is 6.12. The van der Waals surface area contributed by atoms with Crippen LogP contribution in [0.15, 0.2) is 18.2 Å². The van der Waals surface area contributed by atoms with Crippen molar-refractivity contribution in [2.45, 2.75) is 33.7 Å². The number of hydrogen-bond acceptors (Lipinski definition) is 3. The summed E-state index contributed by atoms with van der Waals surface area (Å²) in [7, 11) is 1.68. The molecule has 0 saturated heterocycles. The summed E-state index contributed by atoms with van der Waals surface area (Å²) in [6.45, 7) is 8.75. The zero-order valence-electron chi connectivity index (χ0n) is 11.4. The number of hydrogen-bond donors (Lipinski definition) is 2. The Morgan fingerprint density at radius 2 is 1.88 bits per heavy atom. The molecule has 3 nitrogen and oxygen atoms in total. The SMILES string of the molecule is COc1ccc(C(NN)C(C)C(C)C)c(C)c1. The van der Waals surface area contributed by atoms with E-state index in [-0.39, 0.29) is 6.04 Å². The molecule has 3 heteroatoms. The minimum atomic E-state index is 0.181. The second-order valence-electron chi connectivity index (χ2n) is 4.97. The van der Waals surface area contributed by atoms with Gasteiger partial charge < -0.3 is 4.74 Å². The van der Waals surface area contributed by atoms with Gasteiger partial charge in [-0.25, -0.2) is 0 Å². The first-order valence-corrected chi connectivity index (χ1v) is 6.12. The van der Waals surface area contributed by atoms with Crippen molar-refractivity contribution in [3.8, 4) is 5.75 Å². The molecule has 1 aromatic carbocycles. The Bertz CT molecular complexity index is 363. The molecule has 0 fully saturated rings. The van der Waals surface area contributed by atoms with Crippen LogP contribution in [-0.2, 0) is 0 Å². The average Bonchev–Trinajstić information content (AvgIpc) is 2.31. The molecule has 17 heavy (non-hydrogen) atoms. The first kappa shape index (κ1) is 14.0. The van der Waals surface area contributed by atoms with E-state index in [4.69, 9.17) is 10.6 Å². The van der Waals surface area contributed by atoms with E-state index in [0.29, 0.717) is 11.8 Å². The predicted octanol–water partition coefficient (Wildman–Crippen LogP) is 2.80. The fraction of sp³-hybridized carbons (Fsp3) is 0.571. The monoisotopic (exact) mass is 236 g/mol. The first-order chi connectivity index (χ1) is 8.01. The summed E-state index contributed by atoms with van der Waals surface area (Å²) in [4.78, 5) is 0. The van der Waals surface area contributed by atoms with Crippen LogP contribution >= 0.6 is 0 Å². The Hall–Kier alpha value is -1.06. The number of nitrogens with one attached hydrogen (secondary N) is 1. The Kier molecular flexibility index (Phi) is 4.97. The molecule has 2 atom stereocenters. The van der Waals surface area contributed by atoms with Gasteiger partial charge in [0, 0.05) is 6.04 Å². The highest BCUT2D eigenvalue weighted by Gasteiger charge is 2.22. The minimum absolute atomic E-state index is 0.181. The number of benzene rings is 1. The third kappa shape index (κ3) is 3.20. The highest BCUT2D eigenvalue weighted by Crippen LogP contribution is 2.30. The van der Waals surface area contributed by atoms with Gasteiger partial charge in [-0.3, -0.25) is 11.3 Å². The van der Waals surface area contributed by atoms with Gasteiger partial charge in [-0.1, -0.05) is 26.8 Å². The maximum Gasteiger partial charge on any atom is 0.119 e. The molecule has 1 aromatic rings. The average molecular weight is 236 g/mol. The zero-order chi connectivity index (χ0) is 13.0. The van der Waals surface area contributed by atoms with Gasteiger partial charge in [0.05, 0.1) is 7.11 Å². The van der Waals surface area contributed by atoms with Crippen LogP contribution in [0, 0.1) is 18.8 Å². The number of rotatable bonds is 5. The van der Waals surface area contributed by atoms with Crippen molar-refractivity contribution in [1.82, 2.24) is 5.43 Å². The van der Waals surface area contributed by atoms with Crippen LogP contribution in [0.2, 0.25) is 0 Å². The number of ether oxygens (including phenoxy) is 1. The summed E-state index contributed by atoms with van der Waals surface area (Å²) < 4.78 is 5.22. The third-order valence-corrected chi connectivity index (χ3v) is 3.57. The van der Waals surface area contributed by atoms with Crippen molar-refractivity contribution < 1.29 is 4.74 Å². The number of aryl methyl sites for hydroxylation is 1. The number of nitrogens with two attached hydrogens (primary N) is 1. The molecule has 96 valence electrons. The molecule has 0 heterocycles. The van der Waals surface area contributed by atoms with E-state index >= 15 is 0 Å². The van der Waals surface area contributed by atoms with Gasteiger partial charge in [-0.2, -0.15) is 0 Å². The molecule has 0 bridgehead atoms. The van der Waals surface area contributed by atoms with Gasteiger partial charge in [-0.15, -0.1) is 0 Å². The summed E-state index contributed by atoms with van der Waals surface area (Å²) >= 11 is 0. The highest BCUT2D eigenvalue weighted by atomic mass is 16.5. The van der Waals surface area contributed by atoms with E-state index in [2.05, 4.69) is 39.2 Å².